The van der Waals surface area contributed by atoms with Gasteiger partial charge in [-0.15, -0.1) is 12.4 Å². The zero-order valence-corrected chi connectivity index (χ0v) is 6.19. The van der Waals surface area contributed by atoms with Crippen molar-refractivity contribution in [3.63, 3.8) is 0 Å². The molecule has 0 aromatic rings. The fourth-order valence-corrected chi connectivity index (χ4v) is 0.767. The topological polar surface area (TPSA) is 72.6 Å². The summed E-state index contributed by atoms with van der Waals surface area (Å²) in [6.07, 6.45) is 0.00694. The van der Waals surface area contributed by atoms with E-state index in [1.54, 1.807) is 0 Å². The lowest BCUT2D eigenvalue weighted by Gasteiger charge is -2.36. The van der Waals surface area contributed by atoms with Crippen LogP contribution >= 0.6 is 12.4 Å². The van der Waals surface area contributed by atoms with Crippen molar-refractivity contribution in [3.8, 4) is 0 Å². The molecule has 1 aliphatic heterocycles. The van der Waals surface area contributed by atoms with Crippen LogP contribution in [0.5, 0.6) is 0 Å². The van der Waals surface area contributed by atoms with E-state index in [4.69, 9.17) is 15.6 Å². The highest BCUT2D eigenvalue weighted by molar-refractivity contribution is 5.85. The van der Waals surface area contributed by atoms with E-state index in [9.17, 15) is 4.79 Å². The second kappa shape index (κ2) is 3.18. The highest BCUT2D eigenvalue weighted by Gasteiger charge is 2.36. The zero-order valence-electron chi connectivity index (χ0n) is 5.37. The second-order valence-corrected chi connectivity index (χ2v) is 2.43. The Hall–Kier alpha value is -0.320. The highest BCUT2D eigenvalue weighted by Crippen LogP contribution is 2.16. The predicted octanol–water partition coefficient (Wildman–Crippen LogP) is -0.389. The molecule has 0 aliphatic carbocycles. The number of halogens is 1. The largest absolute Gasteiger partial charge is 0.481 e. The molecule has 1 rings (SSSR count). The Balaban J connectivity index is 0.000000810. The van der Waals surface area contributed by atoms with Gasteiger partial charge in [-0.05, 0) is 0 Å². The number of hydrogen-bond donors (Lipinski definition) is 2. The normalized spacial score (nSPS) is 20.5. The minimum Gasteiger partial charge on any atom is -0.481 e. The molecule has 0 spiro atoms. The lowest BCUT2D eigenvalue weighted by atomic mass is 9.95. The molecule has 0 aromatic carbocycles. The van der Waals surface area contributed by atoms with Gasteiger partial charge in [-0.1, -0.05) is 0 Å². The Bertz CT molecular complexity index is 135. The van der Waals surface area contributed by atoms with E-state index >= 15 is 0 Å². The summed E-state index contributed by atoms with van der Waals surface area (Å²) in [6.45, 7) is 0.749. The third-order valence-electron chi connectivity index (χ3n) is 1.28. The lowest BCUT2D eigenvalue weighted by molar-refractivity contribution is -0.144. The van der Waals surface area contributed by atoms with Crippen LogP contribution in [0.3, 0.4) is 0 Å². The molecule has 0 radical (unpaired) electrons. The van der Waals surface area contributed by atoms with E-state index in [1.807, 2.05) is 0 Å². The van der Waals surface area contributed by atoms with Crippen LogP contribution in [0.15, 0.2) is 0 Å². The van der Waals surface area contributed by atoms with E-state index in [1.165, 1.54) is 0 Å². The Kier molecular flexibility index (Phi) is 3.08. The van der Waals surface area contributed by atoms with Crippen molar-refractivity contribution in [3.05, 3.63) is 0 Å². The average molecular weight is 168 g/mol. The number of nitrogens with two attached hydrogens (primary N) is 1. The Morgan fingerprint density at radius 3 is 2.30 bits per heavy atom. The van der Waals surface area contributed by atoms with Crippen LogP contribution in [0.4, 0.5) is 0 Å². The van der Waals surface area contributed by atoms with Crippen molar-refractivity contribution in [2.45, 2.75) is 12.0 Å². The maximum atomic E-state index is 10.1. The molecule has 60 valence electrons. The van der Waals surface area contributed by atoms with Gasteiger partial charge in [0.05, 0.1) is 25.2 Å². The van der Waals surface area contributed by atoms with E-state index in [-0.39, 0.29) is 18.8 Å². The number of carboxylic acid groups (broad SMARTS) is 1. The monoisotopic (exact) mass is 167 g/mol. The van der Waals surface area contributed by atoms with Crippen LogP contribution in [-0.2, 0) is 9.53 Å². The Morgan fingerprint density at radius 1 is 1.70 bits per heavy atom. The summed E-state index contributed by atoms with van der Waals surface area (Å²) in [5.74, 6) is -0.860. The van der Waals surface area contributed by atoms with E-state index < -0.39 is 11.5 Å². The first-order chi connectivity index (χ1) is 4.12. The molecule has 0 unspecified atom stereocenters. The summed E-state index contributed by atoms with van der Waals surface area (Å²) in [5.41, 5.74) is 4.92. The van der Waals surface area contributed by atoms with Crippen molar-refractivity contribution in [1.82, 2.24) is 0 Å². The van der Waals surface area contributed by atoms with Gasteiger partial charge in [0, 0.05) is 0 Å². The molecule has 0 bridgehead atoms. The van der Waals surface area contributed by atoms with Gasteiger partial charge < -0.3 is 15.6 Å². The Labute approximate surface area is 64.8 Å². The molecule has 0 amide bonds. The second-order valence-electron chi connectivity index (χ2n) is 2.43. The molecule has 0 saturated carbocycles. The van der Waals surface area contributed by atoms with Gasteiger partial charge in [-0.2, -0.15) is 0 Å². The summed E-state index contributed by atoms with van der Waals surface area (Å²) in [6, 6.07) is 0. The van der Waals surface area contributed by atoms with Crippen molar-refractivity contribution >= 4 is 18.4 Å². The fraction of sp³-hybridized carbons (Fsp3) is 0.800. The molecule has 0 atom stereocenters. The van der Waals surface area contributed by atoms with Crippen molar-refractivity contribution in [2.75, 3.05) is 13.2 Å². The maximum absolute atomic E-state index is 10.1. The molecule has 10 heavy (non-hydrogen) atoms. The van der Waals surface area contributed by atoms with Gasteiger partial charge >= 0.3 is 5.97 Å². The smallest absolute Gasteiger partial charge is 0.305 e. The number of ether oxygens (including phenoxy) is 1. The first-order valence-electron chi connectivity index (χ1n) is 2.71. The number of aliphatic carboxylic acids is 1. The van der Waals surface area contributed by atoms with E-state index in [2.05, 4.69) is 0 Å². The molecule has 1 saturated heterocycles. The fourth-order valence-electron chi connectivity index (χ4n) is 0.767. The highest BCUT2D eigenvalue weighted by atomic mass is 35.5. The molecule has 1 heterocycles. The SMILES string of the molecule is Cl.NC1(CC(=O)O)COC1. The zero-order chi connectivity index (χ0) is 6.91. The minimum atomic E-state index is -0.860. The standard InChI is InChI=1S/C5H9NO3.ClH/c6-5(1-4(7)8)2-9-3-5;/h1-3,6H2,(H,7,8);1H. The quantitative estimate of drug-likeness (QED) is 0.588. The van der Waals surface area contributed by atoms with E-state index in [0.29, 0.717) is 13.2 Å². The van der Waals surface area contributed by atoms with Gasteiger partial charge in [0.15, 0.2) is 0 Å². The third-order valence-corrected chi connectivity index (χ3v) is 1.28. The van der Waals surface area contributed by atoms with Gasteiger partial charge in [-0.3, -0.25) is 4.79 Å². The number of hydrogen-bond acceptors (Lipinski definition) is 3. The molecule has 0 aromatic heterocycles. The Morgan fingerprint density at radius 2 is 2.20 bits per heavy atom. The van der Waals surface area contributed by atoms with Crippen LogP contribution < -0.4 is 5.73 Å². The molecule has 1 fully saturated rings. The molecule has 5 heteroatoms. The van der Waals surface area contributed by atoms with Crippen LogP contribution in [0.1, 0.15) is 6.42 Å². The molecular weight excluding hydrogens is 158 g/mol. The average Bonchev–Trinajstić information content (AvgIpc) is 1.60. The third kappa shape index (κ3) is 2.13. The summed E-state index contributed by atoms with van der Waals surface area (Å²) in [7, 11) is 0. The van der Waals surface area contributed by atoms with Crippen LogP contribution in [0, 0.1) is 0 Å². The van der Waals surface area contributed by atoms with Gasteiger partial charge in [0.1, 0.15) is 0 Å². The van der Waals surface area contributed by atoms with Crippen molar-refractivity contribution in [2.24, 2.45) is 5.73 Å². The number of rotatable bonds is 2. The van der Waals surface area contributed by atoms with Gasteiger partial charge in [-0.25, -0.2) is 0 Å². The lowest BCUT2D eigenvalue weighted by Crippen LogP contribution is -2.58. The number of carbonyl (C=O) groups is 1. The summed E-state index contributed by atoms with van der Waals surface area (Å²) < 4.78 is 4.75. The van der Waals surface area contributed by atoms with Gasteiger partial charge in [0.25, 0.3) is 0 Å². The molecule has 3 N–H and O–H groups in total. The van der Waals surface area contributed by atoms with Gasteiger partial charge in [0.2, 0.25) is 0 Å². The first kappa shape index (κ1) is 9.68. The van der Waals surface area contributed by atoms with Crippen LogP contribution in [-0.4, -0.2) is 29.8 Å². The molecule has 1 aliphatic rings. The molecular formula is C5H10ClNO3. The van der Waals surface area contributed by atoms with E-state index in [0.717, 1.165) is 0 Å². The maximum Gasteiger partial charge on any atom is 0.305 e. The van der Waals surface area contributed by atoms with Crippen molar-refractivity contribution < 1.29 is 14.6 Å². The summed E-state index contributed by atoms with van der Waals surface area (Å²) in [4.78, 5) is 10.1. The minimum absolute atomic E-state index is 0. The summed E-state index contributed by atoms with van der Waals surface area (Å²) >= 11 is 0. The summed E-state index contributed by atoms with van der Waals surface area (Å²) in [5, 5.41) is 8.28. The predicted molar refractivity (Wildman–Crippen MR) is 37.2 cm³/mol. The van der Waals surface area contributed by atoms with Crippen LogP contribution in [0.25, 0.3) is 0 Å². The van der Waals surface area contributed by atoms with Crippen molar-refractivity contribution in [1.29, 1.82) is 0 Å². The van der Waals surface area contributed by atoms with Crippen LogP contribution in [0.2, 0.25) is 0 Å². The first-order valence-corrected chi connectivity index (χ1v) is 2.71. The molecule has 4 nitrogen and oxygen atoms in total. The number of carboxylic acids is 1.